The van der Waals surface area contributed by atoms with E-state index in [1.54, 1.807) is 12.1 Å². The van der Waals surface area contributed by atoms with Gasteiger partial charge in [-0.05, 0) is 46.3 Å². The van der Waals surface area contributed by atoms with Crippen molar-refractivity contribution in [3.8, 4) is 5.75 Å². The molecule has 2 rings (SSSR count). The van der Waals surface area contributed by atoms with Crippen LogP contribution >= 0.6 is 27.3 Å². The van der Waals surface area contributed by atoms with Crippen molar-refractivity contribution in [1.82, 2.24) is 0 Å². The van der Waals surface area contributed by atoms with Crippen molar-refractivity contribution in [2.75, 3.05) is 5.32 Å². The largest absolute Gasteiger partial charge is 0.508 e. The van der Waals surface area contributed by atoms with Crippen LogP contribution in [0.25, 0.3) is 0 Å². The molecule has 2 aromatic rings. The van der Waals surface area contributed by atoms with E-state index in [0.717, 1.165) is 9.85 Å². The van der Waals surface area contributed by atoms with E-state index in [1.165, 1.54) is 23.5 Å². The molecule has 0 aliphatic rings. The van der Waals surface area contributed by atoms with Gasteiger partial charge < -0.3 is 15.5 Å². The molecular weight excluding hydrogens is 334 g/mol. The number of carboxylic acids is 1. The Kier molecular flexibility index (Phi) is 3.87. The van der Waals surface area contributed by atoms with Crippen molar-refractivity contribution in [3.63, 3.8) is 0 Å². The number of rotatable bonds is 3. The van der Waals surface area contributed by atoms with Gasteiger partial charge in [-0.15, -0.1) is 11.3 Å². The number of amides is 1. The van der Waals surface area contributed by atoms with Gasteiger partial charge in [0.25, 0.3) is 5.91 Å². The Balaban J connectivity index is 2.28. The number of aromatic carboxylic acids is 1. The van der Waals surface area contributed by atoms with E-state index >= 15 is 0 Å². The number of thiophene rings is 1. The number of carboxylic acid groups (broad SMARTS) is 1. The molecule has 0 unspecified atom stereocenters. The third kappa shape index (κ3) is 3.12. The molecule has 1 aromatic heterocycles. The highest BCUT2D eigenvalue weighted by Crippen LogP contribution is 2.25. The fourth-order valence-electron chi connectivity index (χ4n) is 1.44. The minimum Gasteiger partial charge on any atom is -0.508 e. The normalized spacial score (nSPS) is 10.2. The molecule has 3 N–H and O–H groups in total. The summed E-state index contributed by atoms with van der Waals surface area (Å²) in [6, 6.07) is 7.10. The second-order valence-electron chi connectivity index (χ2n) is 3.59. The number of phenols is 1. The van der Waals surface area contributed by atoms with Crippen LogP contribution in [0, 0.1) is 0 Å². The van der Waals surface area contributed by atoms with Gasteiger partial charge in [0.15, 0.2) is 0 Å². The molecule has 0 spiro atoms. The van der Waals surface area contributed by atoms with Crippen LogP contribution < -0.4 is 5.32 Å². The quantitative estimate of drug-likeness (QED) is 0.748. The van der Waals surface area contributed by atoms with Gasteiger partial charge in [0.05, 0.1) is 19.9 Å². The van der Waals surface area contributed by atoms with Crippen LogP contribution in [0.15, 0.2) is 34.1 Å². The third-order valence-electron chi connectivity index (χ3n) is 2.28. The standard InChI is InChI=1S/C12H8BrNO4S/c13-10-4-3-9(19-10)11(16)14-8-2-1-6(15)5-7(8)12(17)18/h1-5,15H,(H,14,16)(H,17,18). The molecule has 0 fully saturated rings. The molecule has 7 heteroatoms. The topological polar surface area (TPSA) is 86.6 Å². The van der Waals surface area contributed by atoms with Crippen LogP contribution in [0.3, 0.4) is 0 Å². The first-order valence-corrected chi connectivity index (χ1v) is 6.71. The lowest BCUT2D eigenvalue weighted by atomic mass is 10.1. The van der Waals surface area contributed by atoms with Crippen LogP contribution in [0.1, 0.15) is 20.0 Å². The highest BCUT2D eigenvalue weighted by molar-refractivity contribution is 9.11. The highest BCUT2D eigenvalue weighted by atomic mass is 79.9. The number of hydrogen-bond acceptors (Lipinski definition) is 4. The number of hydrogen-bond donors (Lipinski definition) is 3. The number of carbonyl (C=O) groups excluding carboxylic acids is 1. The molecular formula is C12H8BrNO4S. The van der Waals surface area contributed by atoms with E-state index in [1.807, 2.05) is 0 Å². The number of aromatic hydroxyl groups is 1. The van der Waals surface area contributed by atoms with Gasteiger partial charge in [-0.2, -0.15) is 0 Å². The number of anilines is 1. The smallest absolute Gasteiger partial charge is 0.337 e. The monoisotopic (exact) mass is 341 g/mol. The Labute approximate surface area is 120 Å². The average molecular weight is 342 g/mol. The van der Waals surface area contributed by atoms with Crippen molar-refractivity contribution in [2.24, 2.45) is 0 Å². The first-order chi connectivity index (χ1) is 8.97. The number of halogens is 1. The lowest BCUT2D eigenvalue weighted by Gasteiger charge is -2.07. The molecule has 5 nitrogen and oxygen atoms in total. The molecule has 1 heterocycles. The summed E-state index contributed by atoms with van der Waals surface area (Å²) in [4.78, 5) is 23.4. The number of carbonyl (C=O) groups is 2. The number of benzene rings is 1. The maximum absolute atomic E-state index is 11.9. The molecule has 0 radical (unpaired) electrons. The maximum atomic E-state index is 11.9. The predicted octanol–water partition coefficient (Wildman–Crippen LogP) is 3.17. The zero-order valence-electron chi connectivity index (χ0n) is 9.38. The van der Waals surface area contributed by atoms with Crippen LogP contribution in [-0.4, -0.2) is 22.1 Å². The summed E-state index contributed by atoms with van der Waals surface area (Å²) in [7, 11) is 0. The molecule has 0 bridgehead atoms. The summed E-state index contributed by atoms with van der Waals surface area (Å²) in [5.41, 5.74) is -0.0243. The molecule has 98 valence electrons. The van der Waals surface area contributed by atoms with E-state index in [2.05, 4.69) is 21.2 Å². The fourth-order valence-corrected chi connectivity index (χ4v) is 2.72. The zero-order chi connectivity index (χ0) is 14.0. The molecule has 0 saturated carbocycles. The number of phenolic OH excluding ortho intramolecular Hbond substituents is 1. The van der Waals surface area contributed by atoms with Crippen LogP contribution in [0.2, 0.25) is 0 Å². The third-order valence-corrected chi connectivity index (χ3v) is 3.90. The van der Waals surface area contributed by atoms with Gasteiger partial charge in [0.1, 0.15) is 5.75 Å². The van der Waals surface area contributed by atoms with Crippen molar-refractivity contribution < 1.29 is 19.8 Å². The van der Waals surface area contributed by atoms with Gasteiger partial charge in [0.2, 0.25) is 0 Å². The van der Waals surface area contributed by atoms with E-state index < -0.39 is 11.9 Å². The molecule has 1 aromatic carbocycles. The van der Waals surface area contributed by atoms with Crippen molar-refractivity contribution >= 4 is 44.8 Å². The Morgan fingerprint density at radius 1 is 1.21 bits per heavy atom. The summed E-state index contributed by atoms with van der Waals surface area (Å²) < 4.78 is 0.807. The molecule has 0 atom stereocenters. The minimum absolute atomic E-state index is 0.139. The molecule has 1 amide bonds. The van der Waals surface area contributed by atoms with Crippen LogP contribution in [-0.2, 0) is 0 Å². The average Bonchev–Trinajstić information content (AvgIpc) is 2.78. The van der Waals surface area contributed by atoms with Crippen molar-refractivity contribution in [2.45, 2.75) is 0 Å². The maximum Gasteiger partial charge on any atom is 0.337 e. The van der Waals surface area contributed by atoms with Crippen molar-refractivity contribution in [1.29, 1.82) is 0 Å². The van der Waals surface area contributed by atoms with E-state index in [4.69, 9.17) is 5.11 Å². The van der Waals surface area contributed by atoms with E-state index in [0.29, 0.717) is 4.88 Å². The lowest BCUT2D eigenvalue weighted by Crippen LogP contribution is -2.13. The second-order valence-corrected chi connectivity index (χ2v) is 6.06. The van der Waals surface area contributed by atoms with E-state index in [9.17, 15) is 14.7 Å². The summed E-state index contributed by atoms with van der Waals surface area (Å²) in [6.45, 7) is 0. The van der Waals surface area contributed by atoms with E-state index in [-0.39, 0.29) is 17.0 Å². The highest BCUT2D eigenvalue weighted by Gasteiger charge is 2.15. The lowest BCUT2D eigenvalue weighted by molar-refractivity contribution is 0.0697. The first kappa shape index (κ1) is 13.6. The first-order valence-electron chi connectivity index (χ1n) is 5.10. The van der Waals surface area contributed by atoms with Gasteiger partial charge in [-0.25, -0.2) is 4.79 Å². The minimum atomic E-state index is -1.22. The van der Waals surface area contributed by atoms with Crippen LogP contribution in [0.4, 0.5) is 5.69 Å². The molecule has 0 aliphatic carbocycles. The Bertz CT molecular complexity index is 653. The van der Waals surface area contributed by atoms with Crippen molar-refractivity contribution in [3.05, 3.63) is 44.6 Å². The predicted molar refractivity (Wildman–Crippen MR) is 75.0 cm³/mol. The summed E-state index contributed by atoms with van der Waals surface area (Å²) >= 11 is 4.48. The van der Waals surface area contributed by atoms with Gasteiger partial charge in [0, 0.05) is 0 Å². The second kappa shape index (κ2) is 5.41. The van der Waals surface area contributed by atoms with Crippen LogP contribution in [0.5, 0.6) is 5.75 Å². The zero-order valence-corrected chi connectivity index (χ0v) is 11.8. The Hall–Kier alpha value is -1.86. The molecule has 0 saturated heterocycles. The number of nitrogens with one attached hydrogen (secondary N) is 1. The molecule has 19 heavy (non-hydrogen) atoms. The summed E-state index contributed by atoms with van der Waals surface area (Å²) in [5, 5.41) is 20.8. The van der Waals surface area contributed by atoms with Gasteiger partial charge in [-0.3, -0.25) is 4.79 Å². The summed E-state index contributed by atoms with van der Waals surface area (Å²) in [5.74, 6) is -1.79. The molecule has 0 aliphatic heterocycles. The SMILES string of the molecule is O=C(Nc1ccc(O)cc1C(=O)O)c1ccc(Br)s1. The summed E-state index contributed by atoms with van der Waals surface area (Å²) in [6.07, 6.45) is 0. The Morgan fingerprint density at radius 2 is 1.95 bits per heavy atom. The van der Waals surface area contributed by atoms with Gasteiger partial charge in [-0.1, -0.05) is 0 Å². The fraction of sp³-hybridized carbons (Fsp3) is 0. The van der Waals surface area contributed by atoms with Gasteiger partial charge >= 0.3 is 5.97 Å². The Morgan fingerprint density at radius 3 is 2.53 bits per heavy atom.